The zero-order valence-electron chi connectivity index (χ0n) is 11.4. The molecule has 0 amide bonds. The number of ether oxygens (including phenoxy) is 1. The maximum absolute atomic E-state index is 13.3. The highest BCUT2D eigenvalue weighted by Gasteiger charge is 2.37. The minimum atomic E-state index is -2.33. The van der Waals surface area contributed by atoms with Crippen molar-refractivity contribution in [2.24, 2.45) is 0 Å². The topological polar surface area (TPSA) is 12.5 Å². The molecule has 0 bridgehead atoms. The minimum Gasteiger partial charge on any atom is -0.381 e. The third-order valence-corrected chi connectivity index (χ3v) is 4.04. The smallest absolute Gasteiger partial charge is 0.254 e. The van der Waals surface area contributed by atoms with Crippen molar-refractivity contribution in [2.45, 2.75) is 44.4 Å². The van der Waals surface area contributed by atoms with Crippen LogP contribution in [-0.4, -0.2) is 37.1 Å². The van der Waals surface area contributed by atoms with Gasteiger partial charge in [-0.25, -0.2) is 8.78 Å². The van der Waals surface area contributed by atoms with Crippen LogP contribution in [-0.2, 0) is 4.74 Å². The second-order valence-corrected chi connectivity index (χ2v) is 5.11. The third-order valence-electron chi connectivity index (χ3n) is 4.04. The highest BCUT2D eigenvalue weighted by atomic mass is 19.3. The van der Waals surface area contributed by atoms with Gasteiger partial charge in [0.1, 0.15) is 0 Å². The third kappa shape index (κ3) is 3.31. The van der Waals surface area contributed by atoms with Gasteiger partial charge in [0.15, 0.2) is 0 Å². The van der Waals surface area contributed by atoms with Crippen molar-refractivity contribution in [1.29, 1.82) is 0 Å². The lowest BCUT2D eigenvalue weighted by molar-refractivity contribution is -0.0626. The highest BCUT2D eigenvalue weighted by molar-refractivity contribution is 5.18. The maximum atomic E-state index is 13.3. The van der Waals surface area contributed by atoms with Crippen LogP contribution in [0.4, 0.5) is 8.78 Å². The molecule has 4 heteroatoms. The number of hydrogen-bond donors (Lipinski definition) is 0. The second-order valence-electron chi connectivity index (χ2n) is 5.11. The summed E-state index contributed by atoms with van der Waals surface area (Å²) in [6.45, 7) is 2.65. The van der Waals surface area contributed by atoms with Gasteiger partial charge in [-0.3, -0.25) is 4.90 Å². The summed E-state index contributed by atoms with van der Waals surface area (Å²) in [5.74, 6) is 0. The van der Waals surface area contributed by atoms with Gasteiger partial charge in [0.05, 0.1) is 12.1 Å². The molecule has 0 radical (unpaired) electrons. The van der Waals surface area contributed by atoms with Gasteiger partial charge in [0, 0.05) is 19.7 Å². The first-order chi connectivity index (χ1) is 9.13. The summed E-state index contributed by atoms with van der Waals surface area (Å²) in [4.78, 5) is 1.91. The molecule has 0 saturated carbocycles. The predicted octanol–water partition coefficient (Wildman–Crippen LogP) is 3.49. The van der Waals surface area contributed by atoms with Crippen molar-refractivity contribution in [3.8, 4) is 0 Å². The first kappa shape index (κ1) is 14.4. The summed E-state index contributed by atoms with van der Waals surface area (Å²) in [7, 11) is 1.60. The monoisotopic (exact) mass is 269 g/mol. The van der Waals surface area contributed by atoms with Crippen LogP contribution in [0.2, 0.25) is 0 Å². The van der Waals surface area contributed by atoms with Crippen molar-refractivity contribution < 1.29 is 13.5 Å². The number of benzene rings is 1. The number of methoxy groups -OCH3 is 1. The summed E-state index contributed by atoms with van der Waals surface area (Å²) in [6.07, 6.45) is -1.15. The molecule has 0 spiro atoms. The van der Waals surface area contributed by atoms with Crippen LogP contribution < -0.4 is 0 Å². The molecule has 1 aliphatic rings. The van der Waals surface area contributed by atoms with E-state index < -0.39 is 12.5 Å². The fourth-order valence-corrected chi connectivity index (χ4v) is 2.85. The van der Waals surface area contributed by atoms with Crippen LogP contribution in [0.5, 0.6) is 0 Å². The molecule has 1 aliphatic heterocycles. The van der Waals surface area contributed by atoms with E-state index in [2.05, 4.69) is 0 Å². The fraction of sp³-hybridized carbons (Fsp3) is 0.600. The van der Waals surface area contributed by atoms with E-state index in [1.54, 1.807) is 7.11 Å². The van der Waals surface area contributed by atoms with Crippen LogP contribution in [0.3, 0.4) is 0 Å². The highest BCUT2D eigenvalue weighted by Crippen LogP contribution is 2.32. The number of rotatable bonds is 4. The predicted molar refractivity (Wildman–Crippen MR) is 71.4 cm³/mol. The van der Waals surface area contributed by atoms with E-state index in [0.717, 1.165) is 12.0 Å². The Balaban J connectivity index is 2.13. The van der Waals surface area contributed by atoms with Gasteiger partial charge in [0.25, 0.3) is 6.43 Å². The van der Waals surface area contributed by atoms with E-state index in [1.807, 2.05) is 42.2 Å². The Hall–Kier alpha value is -1.00. The van der Waals surface area contributed by atoms with Gasteiger partial charge < -0.3 is 4.74 Å². The average Bonchev–Trinajstić information content (AvgIpc) is 2.46. The molecule has 3 unspecified atom stereocenters. The SMILES string of the molecule is COC1CCN(C(C)c2ccccc2)C(C(F)F)C1. The Kier molecular flexibility index (Phi) is 4.88. The number of alkyl halides is 2. The van der Waals surface area contributed by atoms with E-state index in [9.17, 15) is 8.78 Å². The molecule has 0 N–H and O–H groups in total. The molecule has 1 fully saturated rings. The molecule has 1 aromatic rings. The van der Waals surface area contributed by atoms with Gasteiger partial charge in [-0.05, 0) is 25.3 Å². The Morgan fingerprint density at radius 1 is 1.26 bits per heavy atom. The number of nitrogens with zero attached hydrogens (tertiary/aromatic N) is 1. The molecule has 0 aliphatic carbocycles. The fourth-order valence-electron chi connectivity index (χ4n) is 2.85. The first-order valence-electron chi connectivity index (χ1n) is 6.75. The van der Waals surface area contributed by atoms with E-state index in [4.69, 9.17) is 4.74 Å². The van der Waals surface area contributed by atoms with Crippen molar-refractivity contribution in [2.75, 3.05) is 13.7 Å². The Morgan fingerprint density at radius 2 is 1.95 bits per heavy atom. The summed E-state index contributed by atoms with van der Waals surface area (Å²) >= 11 is 0. The summed E-state index contributed by atoms with van der Waals surface area (Å²) in [5.41, 5.74) is 1.09. The molecular weight excluding hydrogens is 248 g/mol. The lowest BCUT2D eigenvalue weighted by Gasteiger charge is -2.42. The average molecular weight is 269 g/mol. The van der Waals surface area contributed by atoms with Crippen LogP contribution in [0, 0.1) is 0 Å². The standard InChI is InChI=1S/C15H21F2NO/c1-11(12-6-4-3-5-7-12)18-9-8-13(19-2)10-14(18)15(16)17/h3-7,11,13-15H,8-10H2,1-2H3. The van der Waals surface area contributed by atoms with E-state index in [-0.39, 0.29) is 12.1 Å². The van der Waals surface area contributed by atoms with Crippen molar-refractivity contribution in [3.63, 3.8) is 0 Å². The Labute approximate surface area is 113 Å². The maximum Gasteiger partial charge on any atom is 0.254 e. The van der Waals surface area contributed by atoms with E-state index in [0.29, 0.717) is 13.0 Å². The number of likely N-dealkylation sites (tertiary alicyclic amines) is 1. The minimum absolute atomic E-state index is 0.0120. The quantitative estimate of drug-likeness (QED) is 0.829. The molecule has 2 nitrogen and oxygen atoms in total. The van der Waals surface area contributed by atoms with Gasteiger partial charge in [0.2, 0.25) is 0 Å². The molecule has 19 heavy (non-hydrogen) atoms. The van der Waals surface area contributed by atoms with Gasteiger partial charge in [-0.1, -0.05) is 30.3 Å². The summed E-state index contributed by atoms with van der Waals surface area (Å²) in [5, 5.41) is 0. The number of hydrogen-bond acceptors (Lipinski definition) is 2. The van der Waals surface area contributed by atoms with Gasteiger partial charge >= 0.3 is 0 Å². The Morgan fingerprint density at radius 3 is 2.53 bits per heavy atom. The van der Waals surface area contributed by atoms with Crippen LogP contribution in [0.15, 0.2) is 30.3 Å². The van der Waals surface area contributed by atoms with E-state index in [1.165, 1.54) is 0 Å². The lowest BCUT2D eigenvalue weighted by Crippen LogP contribution is -2.49. The first-order valence-corrected chi connectivity index (χ1v) is 6.75. The zero-order chi connectivity index (χ0) is 13.8. The van der Waals surface area contributed by atoms with Gasteiger partial charge in [-0.2, -0.15) is 0 Å². The lowest BCUT2D eigenvalue weighted by atomic mass is 9.95. The molecule has 3 atom stereocenters. The molecule has 106 valence electrons. The normalized spacial score (nSPS) is 26.6. The number of halogens is 2. The molecular formula is C15H21F2NO. The van der Waals surface area contributed by atoms with Crippen molar-refractivity contribution in [3.05, 3.63) is 35.9 Å². The molecule has 1 saturated heterocycles. The molecule has 1 aromatic carbocycles. The van der Waals surface area contributed by atoms with E-state index >= 15 is 0 Å². The second kappa shape index (κ2) is 6.44. The zero-order valence-corrected chi connectivity index (χ0v) is 11.4. The molecule has 2 rings (SSSR count). The largest absolute Gasteiger partial charge is 0.381 e. The van der Waals surface area contributed by atoms with Crippen LogP contribution in [0.25, 0.3) is 0 Å². The Bertz CT molecular complexity index is 385. The summed E-state index contributed by atoms with van der Waals surface area (Å²) in [6, 6.07) is 9.13. The molecule has 0 aromatic heterocycles. The van der Waals surface area contributed by atoms with Gasteiger partial charge in [-0.15, -0.1) is 0 Å². The van der Waals surface area contributed by atoms with Crippen molar-refractivity contribution in [1.82, 2.24) is 4.90 Å². The number of piperidine rings is 1. The van der Waals surface area contributed by atoms with Crippen LogP contribution >= 0.6 is 0 Å². The molecule has 1 heterocycles. The van der Waals surface area contributed by atoms with Crippen molar-refractivity contribution >= 4 is 0 Å². The summed E-state index contributed by atoms with van der Waals surface area (Å²) < 4.78 is 31.8. The van der Waals surface area contributed by atoms with Crippen LogP contribution in [0.1, 0.15) is 31.4 Å².